The van der Waals surface area contributed by atoms with Crippen molar-refractivity contribution in [2.24, 2.45) is 0 Å². The highest BCUT2D eigenvalue weighted by Gasteiger charge is 2.09. The zero-order valence-electron chi connectivity index (χ0n) is 10.3. The summed E-state index contributed by atoms with van der Waals surface area (Å²) in [6.07, 6.45) is 3.50. The van der Waals surface area contributed by atoms with Gasteiger partial charge in [-0.1, -0.05) is 13.3 Å². The number of anilines is 1. The second kappa shape index (κ2) is 6.08. The van der Waals surface area contributed by atoms with Crippen molar-refractivity contribution in [1.29, 1.82) is 0 Å². The van der Waals surface area contributed by atoms with Gasteiger partial charge in [0.05, 0.1) is 0 Å². The maximum Gasteiger partial charge on any atom is 0.251 e. The minimum Gasteiger partial charge on any atom is -0.398 e. The van der Waals surface area contributed by atoms with Crippen molar-refractivity contribution in [2.45, 2.75) is 26.3 Å². The van der Waals surface area contributed by atoms with Crippen LogP contribution in [0.25, 0.3) is 0 Å². The van der Waals surface area contributed by atoms with Crippen molar-refractivity contribution in [3.8, 4) is 0 Å². The first-order valence-electron chi connectivity index (χ1n) is 5.74. The summed E-state index contributed by atoms with van der Waals surface area (Å²) in [5, 5.41) is 0. The second-order valence-electron chi connectivity index (χ2n) is 4.10. The molecule has 0 unspecified atom stereocenters. The van der Waals surface area contributed by atoms with Gasteiger partial charge in [0.25, 0.3) is 5.56 Å². The molecule has 5 heteroatoms. The molecule has 1 rings (SSSR count). The lowest BCUT2D eigenvalue weighted by Crippen LogP contribution is -2.34. The van der Waals surface area contributed by atoms with E-state index in [2.05, 4.69) is 6.92 Å². The molecule has 0 aliphatic rings. The fraction of sp³-hybridized carbons (Fsp3) is 0.500. The molecule has 0 fully saturated rings. The predicted molar refractivity (Wildman–Crippen MR) is 67.7 cm³/mol. The van der Waals surface area contributed by atoms with E-state index in [1.807, 2.05) is 0 Å². The molecule has 1 heterocycles. The lowest BCUT2D eigenvalue weighted by molar-refractivity contribution is -0.130. The number of pyridine rings is 1. The summed E-state index contributed by atoms with van der Waals surface area (Å²) in [5.41, 5.74) is 5.84. The Labute approximate surface area is 101 Å². The van der Waals surface area contributed by atoms with E-state index in [-0.39, 0.29) is 18.0 Å². The topological polar surface area (TPSA) is 68.3 Å². The number of nitrogens with zero attached hydrogens (tertiary/aromatic N) is 2. The molecule has 0 atom stereocenters. The minimum atomic E-state index is -0.212. The van der Waals surface area contributed by atoms with Gasteiger partial charge in [0.1, 0.15) is 6.54 Å². The number of hydrogen-bond acceptors (Lipinski definition) is 3. The summed E-state index contributed by atoms with van der Waals surface area (Å²) >= 11 is 0. The summed E-state index contributed by atoms with van der Waals surface area (Å²) in [4.78, 5) is 24.9. The zero-order valence-corrected chi connectivity index (χ0v) is 10.3. The van der Waals surface area contributed by atoms with E-state index in [1.165, 1.54) is 22.9 Å². The Balaban J connectivity index is 2.67. The van der Waals surface area contributed by atoms with Crippen LogP contribution in [0.4, 0.5) is 5.69 Å². The molecule has 1 aromatic heterocycles. The summed E-state index contributed by atoms with van der Waals surface area (Å²) in [5.74, 6) is -0.0776. The van der Waals surface area contributed by atoms with Gasteiger partial charge in [-0.25, -0.2) is 0 Å². The van der Waals surface area contributed by atoms with Crippen LogP contribution in [0, 0.1) is 0 Å². The number of nitrogens with two attached hydrogens (primary N) is 1. The maximum atomic E-state index is 11.8. The van der Waals surface area contributed by atoms with Crippen LogP contribution in [0.15, 0.2) is 23.1 Å². The number of carbonyl (C=O) groups is 1. The molecule has 2 N–H and O–H groups in total. The first-order chi connectivity index (χ1) is 8.04. The Morgan fingerprint density at radius 1 is 1.47 bits per heavy atom. The van der Waals surface area contributed by atoms with Gasteiger partial charge in [0.15, 0.2) is 0 Å². The molecule has 94 valence electrons. The first-order valence-corrected chi connectivity index (χ1v) is 5.74. The molecule has 0 spiro atoms. The Morgan fingerprint density at radius 3 is 2.82 bits per heavy atom. The second-order valence-corrected chi connectivity index (χ2v) is 4.10. The van der Waals surface area contributed by atoms with Gasteiger partial charge in [-0.15, -0.1) is 0 Å². The molecule has 0 bridgehead atoms. The van der Waals surface area contributed by atoms with Crippen molar-refractivity contribution in [1.82, 2.24) is 9.47 Å². The molecule has 1 aromatic rings. The van der Waals surface area contributed by atoms with E-state index in [0.717, 1.165) is 12.8 Å². The van der Waals surface area contributed by atoms with Crippen molar-refractivity contribution in [3.05, 3.63) is 28.7 Å². The number of nitrogen functional groups attached to an aromatic ring is 1. The number of amides is 1. The van der Waals surface area contributed by atoms with Crippen molar-refractivity contribution in [2.75, 3.05) is 19.3 Å². The molecule has 17 heavy (non-hydrogen) atoms. The molecule has 0 aromatic carbocycles. The fourth-order valence-corrected chi connectivity index (χ4v) is 1.46. The van der Waals surface area contributed by atoms with Crippen LogP contribution < -0.4 is 11.3 Å². The molecule has 0 saturated carbocycles. The summed E-state index contributed by atoms with van der Waals surface area (Å²) in [6, 6.07) is 2.90. The van der Waals surface area contributed by atoms with Gasteiger partial charge in [0.2, 0.25) is 5.91 Å². The van der Waals surface area contributed by atoms with Crippen molar-refractivity contribution < 1.29 is 4.79 Å². The lowest BCUT2D eigenvalue weighted by atomic mass is 10.3. The van der Waals surface area contributed by atoms with Crippen LogP contribution in [0.3, 0.4) is 0 Å². The number of rotatable bonds is 5. The van der Waals surface area contributed by atoms with Crippen LogP contribution in [0.1, 0.15) is 19.8 Å². The Kier molecular flexibility index (Phi) is 4.75. The van der Waals surface area contributed by atoms with E-state index < -0.39 is 0 Å². The number of likely N-dealkylation sites (N-methyl/N-ethyl adjacent to an activating group) is 1. The predicted octanol–water partition coefficient (Wildman–Crippen LogP) is 0.689. The Hall–Kier alpha value is -1.78. The van der Waals surface area contributed by atoms with Gasteiger partial charge >= 0.3 is 0 Å². The molecular weight excluding hydrogens is 218 g/mol. The molecule has 0 radical (unpaired) electrons. The van der Waals surface area contributed by atoms with Crippen LogP contribution in [0.2, 0.25) is 0 Å². The van der Waals surface area contributed by atoms with Crippen LogP contribution >= 0.6 is 0 Å². The highest BCUT2D eigenvalue weighted by molar-refractivity contribution is 5.75. The number of carbonyl (C=O) groups excluding carboxylic acids is 1. The highest BCUT2D eigenvalue weighted by Crippen LogP contribution is 1.98. The first kappa shape index (κ1) is 13.3. The molecule has 1 amide bonds. The summed E-state index contributed by atoms with van der Waals surface area (Å²) in [7, 11) is 1.75. The molecule has 0 aliphatic carbocycles. The fourth-order valence-electron chi connectivity index (χ4n) is 1.46. The van der Waals surface area contributed by atoms with E-state index in [9.17, 15) is 9.59 Å². The monoisotopic (exact) mass is 237 g/mol. The van der Waals surface area contributed by atoms with Crippen molar-refractivity contribution in [3.63, 3.8) is 0 Å². The maximum absolute atomic E-state index is 11.8. The van der Waals surface area contributed by atoms with Crippen molar-refractivity contribution >= 4 is 11.6 Å². The average Bonchev–Trinajstić information content (AvgIpc) is 2.30. The molecule has 5 nitrogen and oxygen atoms in total. The number of unbranched alkanes of at least 4 members (excludes halogenated alkanes) is 1. The Morgan fingerprint density at radius 2 is 2.18 bits per heavy atom. The summed E-state index contributed by atoms with van der Waals surface area (Å²) in [6.45, 7) is 2.83. The van der Waals surface area contributed by atoms with Gasteiger partial charge < -0.3 is 15.2 Å². The third kappa shape index (κ3) is 3.94. The number of aromatic nitrogens is 1. The lowest BCUT2D eigenvalue weighted by Gasteiger charge is -2.17. The van der Waals surface area contributed by atoms with Crippen LogP contribution in [-0.4, -0.2) is 29.0 Å². The van der Waals surface area contributed by atoms with E-state index >= 15 is 0 Å². The van der Waals surface area contributed by atoms with E-state index in [4.69, 9.17) is 5.73 Å². The SMILES string of the molecule is CCCCN(C)C(=O)Cn1cc(N)ccc1=O. The minimum absolute atomic E-state index is 0.0457. The number of hydrogen-bond donors (Lipinski definition) is 1. The quantitative estimate of drug-likeness (QED) is 0.819. The smallest absolute Gasteiger partial charge is 0.251 e. The van der Waals surface area contributed by atoms with Gasteiger partial charge in [-0.3, -0.25) is 9.59 Å². The normalized spacial score (nSPS) is 10.2. The van der Waals surface area contributed by atoms with Gasteiger partial charge in [0, 0.05) is 31.5 Å². The molecule has 0 saturated heterocycles. The highest BCUT2D eigenvalue weighted by atomic mass is 16.2. The van der Waals surface area contributed by atoms with Crippen LogP contribution in [-0.2, 0) is 11.3 Å². The van der Waals surface area contributed by atoms with E-state index in [0.29, 0.717) is 12.2 Å². The third-order valence-corrected chi connectivity index (χ3v) is 2.58. The largest absolute Gasteiger partial charge is 0.398 e. The summed E-state index contributed by atoms with van der Waals surface area (Å²) < 4.78 is 1.33. The van der Waals surface area contributed by atoms with Gasteiger partial charge in [-0.2, -0.15) is 0 Å². The average molecular weight is 237 g/mol. The van der Waals surface area contributed by atoms with E-state index in [1.54, 1.807) is 11.9 Å². The Bertz CT molecular complexity index is 440. The standard InChI is InChI=1S/C12H19N3O2/c1-3-4-7-14(2)12(17)9-15-8-10(13)5-6-11(15)16/h5-6,8H,3-4,7,9,13H2,1-2H3. The van der Waals surface area contributed by atoms with Gasteiger partial charge in [-0.05, 0) is 12.5 Å². The zero-order chi connectivity index (χ0) is 12.8. The van der Waals surface area contributed by atoms with Crippen LogP contribution in [0.5, 0.6) is 0 Å². The molecular formula is C12H19N3O2. The third-order valence-electron chi connectivity index (χ3n) is 2.58. The molecule has 0 aliphatic heterocycles.